The van der Waals surface area contributed by atoms with E-state index >= 15 is 0 Å². The van der Waals surface area contributed by atoms with Crippen molar-refractivity contribution in [2.45, 2.75) is 13.5 Å². The second-order valence-corrected chi connectivity index (χ2v) is 4.18. The Kier molecular flexibility index (Phi) is 3.74. The van der Waals surface area contributed by atoms with E-state index in [-0.39, 0.29) is 17.9 Å². The Morgan fingerprint density at radius 3 is 2.21 bits per heavy atom. The highest BCUT2D eigenvalue weighted by Gasteiger charge is 2.09. The summed E-state index contributed by atoms with van der Waals surface area (Å²) >= 11 is 0. The quantitative estimate of drug-likeness (QED) is 0.651. The summed E-state index contributed by atoms with van der Waals surface area (Å²) in [6, 6.07) is 5.61. The Labute approximate surface area is 107 Å². The van der Waals surface area contributed by atoms with Crippen LogP contribution in [0.1, 0.15) is 11.1 Å². The van der Waals surface area contributed by atoms with E-state index in [0.29, 0.717) is 17.3 Å². The molecule has 0 atom stereocenters. The number of benzene rings is 2. The lowest BCUT2D eigenvalue weighted by molar-refractivity contribution is 0.490. The third-order valence-electron chi connectivity index (χ3n) is 2.73. The molecule has 5 heteroatoms. The fourth-order valence-corrected chi connectivity index (χ4v) is 1.65. The first-order valence-corrected chi connectivity index (χ1v) is 5.61. The van der Waals surface area contributed by atoms with Gasteiger partial charge in [-0.25, -0.2) is 17.6 Å². The highest BCUT2D eigenvalue weighted by molar-refractivity contribution is 5.46. The van der Waals surface area contributed by atoms with Gasteiger partial charge < -0.3 is 5.32 Å². The van der Waals surface area contributed by atoms with Gasteiger partial charge in [0.2, 0.25) is 0 Å². The molecule has 1 nitrogen and oxygen atoms in total. The predicted molar refractivity (Wildman–Crippen MR) is 64.8 cm³/mol. The second kappa shape index (κ2) is 5.30. The van der Waals surface area contributed by atoms with Crippen LogP contribution in [0.2, 0.25) is 0 Å². The summed E-state index contributed by atoms with van der Waals surface area (Å²) in [5.74, 6) is -3.50. The summed E-state index contributed by atoms with van der Waals surface area (Å²) < 4.78 is 52.1. The zero-order chi connectivity index (χ0) is 14.0. The topological polar surface area (TPSA) is 12.0 Å². The first-order valence-electron chi connectivity index (χ1n) is 5.61. The molecule has 0 aliphatic rings. The molecule has 0 saturated heterocycles. The molecule has 0 aliphatic heterocycles. The lowest BCUT2D eigenvalue weighted by atomic mass is 10.1. The van der Waals surface area contributed by atoms with E-state index in [1.165, 1.54) is 12.1 Å². The molecular weight excluding hydrogens is 258 g/mol. The molecule has 0 saturated carbocycles. The van der Waals surface area contributed by atoms with Gasteiger partial charge in [-0.15, -0.1) is 0 Å². The van der Waals surface area contributed by atoms with Crippen molar-refractivity contribution in [3.05, 3.63) is 64.7 Å². The number of anilines is 1. The average molecular weight is 269 g/mol. The smallest absolute Gasteiger partial charge is 0.161 e. The van der Waals surface area contributed by atoms with E-state index in [2.05, 4.69) is 5.32 Å². The molecule has 2 aromatic rings. The van der Waals surface area contributed by atoms with E-state index in [0.717, 1.165) is 6.07 Å². The summed E-state index contributed by atoms with van der Waals surface area (Å²) in [6.07, 6.45) is 0. The Morgan fingerprint density at radius 2 is 1.53 bits per heavy atom. The summed E-state index contributed by atoms with van der Waals surface area (Å²) in [5, 5.41) is 2.82. The third-order valence-corrected chi connectivity index (χ3v) is 2.73. The standard InChI is InChI=1S/C14H11F4N/c1-8-4-10(2-3-11(8)15)19-7-9-5-13(17)14(18)6-12(9)16/h2-6,19H,7H2,1H3. The van der Waals surface area contributed by atoms with Crippen molar-refractivity contribution in [2.24, 2.45) is 0 Å². The van der Waals surface area contributed by atoms with E-state index in [1.807, 2.05) is 0 Å². The molecule has 0 unspecified atom stereocenters. The van der Waals surface area contributed by atoms with Gasteiger partial charge >= 0.3 is 0 Å². The minimum Gasteiger partial charge on any atom is -0.381 e. The van der Waals surface area contributed by atoms with Crippen LogP contribution in [0.15, 0.2) is 30.3 Å². The molecule has 0 aliphatic carbocycles. The van der Waals surface area contributed by atoms with Crippen LogP contribution in [0.25, 0.3) is 0 Å². The first-order chi connectivity index (χ1) is 8.97. The number of rotatable bonds is 3. The Morgan fingerprint density at radius 1 is 0.842 bits per heavy atom. The van der Waals surface area contributed by atoms with Gasteiger partial charge in [0.1, 0.15) is 11.6 Å². The molecule has 19 heavy (non-hydrogen) atoms. The molecule has 0 bridgehead atoms. The molecule has 0 spiro atoms. The number of hydrogen-bond donors (Lipinski definition) is 1. The molecule has 100 valence electrons. The minimum atomic E-state index is -1.22. The maximum atomic E-state index is 13.4. The van der Waals surface area contributed by atoms with Crippen molar-refractivity contribution in [1.82, 2.24) is 0 Å². The van der Waals surface area contributed by atoms with Crippen molar-refractivity contribution < 1.29 is 17.6 Å². The number of halogens is 4. The van der Waals surface area contributed by atoms with Gasteiger partial charge in [0, 0.05) is 23.9 Å². The number of hydrogen-bond acceptors (Lipinski definition) is 1. The fourth-order valence-electron chi connectivity index (χ4n) is 1.65. The van der Waals surface area contributed by atoms with Crippen molar-refractivity contribution in [1.29, 1.82) is 0 Å². The van der Waals surface area contributed by atoms with Crippen LogP contribution in [0.4, 0.5) is 23.2 Å². The molecule has 2 aromatic carbocycles. The lowest BCUT2D eigenvalue weighted by Gasteiger charge is -2.09. The summed E-state index contributed by atoms with van der Waals surface area (Å²) in [5.41, 5.74) is 1.01. The summed E-state index contributed by atoms with van der Waals surface area (Å²) in [7, 11) is 0. The van der Waals surface area contributed by atoms with Crippen LogP contribution in [0.5, 0.6) is 0 Å². The molecule has 0 amide bonds. The Bertz CT molecular complexity index is 611. The Balaban J connectivity index is 2.14. The lowest BCUT2D eigenvalue weighted by Crippen LogP contribution is -2.04. The van der Waals surface area contributed by atoms with Crippen molar-refractivity contribution in [2.75, 3.05) is 5.32 Å². The van der Waals surface area contributed by atoms with Gasteiger partial charge in [0.15, 0.2) is 11.6 Å². The van der Waals surface area contributed by atoms with E-state index in [1.54, 1.807) is 13.0 Å². The first kappa shape index (κ1) is 13.4. The average Bonchev–Trinajstić information content (AvgIpc) is 2.36. The van der Waals surface area contributed by atoms with Crippen LogP contribution in [0.3, 0.4) is 0 Å². The second-order valence-electron chi connectivity index (χ2n) is 4.18. The predicted octanol–water partition coefficient (Wildman–Crippen LogP) is 4.16. The molecule has 2 rings (SSSR count). The van der Waals surface area contributed by atoms with Gasteiger partial charge in [0.25, 0.3) is 0 Å². The number of nitrogens with one attached hydrogen (secondary N) is 1. The molecule has 0 fully saturated rings. The largest absolute Gasteiger partial charge is 0.381 e. The SMILES string of the molecule is Cc1cc(NCc2cc(F)c(F)cc2F)ccc1F. The van der Waals surface area contributed by atoms with Gasteiger partial charge in [-0.1, -0.05) is 0 Å². The van der Waals surface area contributed by atoms with Gasteiger partial charge in [0.05, 0.1) is 0 Å². The van der Waals surface area contributed by atoms with E-state index < -0.39 is 17.5 Å². The molecule has 1 N–H and O–H groups in total. The van der Waals surface area contributed by atoms with Crippen LogP contribution in [-0.2, 0) is 6.54 Å². The maximum absolute atomic E-state index is 13.4. The van der Waals surface area contributed by atoms with Gasteiger partial charge in [-0.2, -0.15) is 0 Å². The van der Waals surface area contributed by atoms with Crippen LogP contribution in [-0.4, -0.2) is 0 Å². The van der Waals surface area contributed by atoms with Gasteiger partial charge in [-0.05, 0) is 36.8 Å². The van der Waals surface area contributed by atoms with E-state index in [4.69, 9.17) is 0 Å². The number of aryl methyl sites for hydroxylation is 1. The third kappa shape index (κ3) is 3.05. The molecule has 0 aromatic heterocycles. The molecular formula is C14H11F4N. The van der Waals surface area contributed by atoms with Crippen molar-refractivity contribution >= 4 is 5.69 Å². The minimum absolute atomic E-state index is 0.000813. The van der Waals surface area contributed by atoms with Crippen molar-refractivity contribution in [3.8, 4) is 0 Å². The highest BCUT2D eigenvalue weighted by Crippen LogP contribution is 2.17. The normalized spacial score (nSPS) is 10.6. The van der Waals surface area contributed by atoms with Crippen molar-refractivity contribution in [3.63, 3.8) is 0 Å². The monoisotopic (exact) mass is 269 g/mol. The summed E-state index contributed by atoms with van der Waals surface area (Å²) in [6.45, 7) is 1.58. The van der Waals surface area contributed by atoms with E-state index in [9.17, 15) is 17.6 Å². The fraction of sp³-hybridized carbons (Fsp3) is 0.143. The van der Waals surface area contributed by atoms with Crippen LogP contribution in [0, 0.1) is 30.2 Å². The maximum Gasteiger partial charge on any atom is 0.161 e. The highest BCUT2D eigenvalue weighted by atomic mass is 19.2. The molecule has 0 radical (unpaired) electrons. The van der Waals surface area contributed by atoms with Gasteiger partial charge in [-0.3, -0.25) is 0 Å². The van der Waals surface area contributed by atoms with Crippen LogP contribution >= 0.6 is 0 Å². The Hall–Kier alpha value is -2.04. The zero-order valence-corrected chi connectivity index (χ0v) is 10.1. The van der Waals surface area contributed by atoms with Crippen LogP contribution < -0.4 is 5.32 Å². The molecule has 0 heterocycles. The zero-order valence-electron chi connectivity index (χ0n) is 10.1. The summed E-state index contributed by atoms with van der Waals surface area (Å²) in [4.78, 5) is 0.